The Morgan fingerprint density at radius 1 is 1.00 bits per heavy atom. The Morgan fingerprint density at radius 3 is 1.77 bits per heavy atom. The fourth-order valence-electron chi connectivity index (χ4n) is 0.622. The number of carbonyl (C=O) groups excluding carboxylic acids is 1. The summed E-state index contributed by atoms with van der Waals surface area (Å²) in [6.07, 6.45) is -0.358. The van der Waals surface area contributed by atoms with Crippen molar-refractivity contribution in [1.29, 1.82) is 0 Å². The molecule has 0 aliphatic rings. The van der Waals surface area contributed by atoms with E-state index >= 15 is 0 Å². The zero-order chi connectivity index (χ0) is 10.7. The van der Waals surface area contributed by atoms with Gasteiger partial charge in [-0.05, 0) is 0 Å². The first-order valence-corrected chi connectivity index (χ1v) is 5.61. The molecule has 0 aromatic rings. The molecule has 0 aromatic carbocycles. The van der Waals surface area contributed by atoms with E-state index in [9.17, 15) is 4.79 Å². The lowest BCUT2D eigenvalue weighted by Gasteiger charge is -2.16. The average Bonchev–Trinajstić information content (AvgIpc) is 1.81. The van der Waals surface area contributed by atoms with Crippen LogP contribution in [0.25, 0.3) is 0 Å². The van der Waals surface area contributed by atoms with E-state index in [2.05, 4.69) is 0 Å². The van der Waals surface area contributed by atoms with Gasteiger partial charge in [0.1, 0.15) is 10.1 Å². The Kier molecular flexibility index (Phi) is 6.08. The van der Waals surface area contributed by atoms with Crippen LogP contribution in [0.5, 0.6) is 0 Å². The lowest BCUT2D eigenvalue weighted by Crippen LogP contribution is -2.23. The molecule has 0 aliphatic carbocycles. The van der Waals surface area contributed by atoms with Crippen molar-refractivity contribution in [2.24, 2.45) is 0 Å². The van der Waals surface area contributed by atoms with Gasteiger partial charge in [-0.15, -0.1) is 11.6 Å². The molecule has 0 aliphatic heterocycles. The number of Topliss-reactive ketones (excluding diaryl/α,β-unsaturated/α-hetero) is 1. The van der Waals surface area contributed by atoms with E-state index in [1.807, 2.05) is 0 Å². The van der Waals surface area contributed by atoms with Gasteiger partial charge in [0.15, 0.2) is 3.79 Å². The van der Waals surface area contributed by atoms with Gasteiger partial charge >= 0.3 is 0 Å². The number of halogens is 6. The highest BCUT2D eigenvalue weighted by Gasteiger charge is 2.31. The summed E-state index contributed by atoms with van der Waals surface area (Å²) in [5, 5.41) is 0. The van der Waals surface area contributed by atoms with Crippen LogP contribution >= 0.6 is 69.6 Å². The summed E-state index contributed by atoms with van der Waals surface area (Å²) in [5.74, 6) is -0.396. The van der Waals surface area contributed by atoms with Gasteiger partial charge in [-0.1, -0.05) is 58.0 Å². The summed E-state index contributed by atoms with van der Waals surface area (Å²) in [6, 6.07) is 0. The molecule has 0 atom stereocenters. The molecule has 13 heavy (non-hydrogen) atoms. The van der Waals surface area contributed by atoms with Crippen LogP contribution < -0.4 is 0 Å². The van der Waals surface area contributed by atoms with Gasteiger partial charge in [0, 0.05) is 6.42 Å². The Balaban J connectivity index is 4.03. The molecule has 0 amide bonds. The molecule has 0 aromatic heterocycles. The van der Waals surface area contributed by atoms with Crippen LogP contribution in [0.3, 0.4) is 0 Å². The Hall–Kier alpha value is 1.41. The predicted molar refractivity (Wildman–Crippen MR) is 59.7 cm³/mol. The minimum Gasteiger partial charge on any atom is -0.299 e. The first-order valence-electron chi connectivity index (χ1n) is 3.18. The fraction of sp³-hybridized carbons (Fsp3) is 0.833. The third kappa shape index (κ3) is 8.41. The largest absolute Gasteiger partial charge is 0.299 e. The summed E-state index contributed by atoms with van der Waals surface area (Å²) < 4.78 is -2.89. The molecule has 0 radical (unpaired) electrons. The molecule has 0 saturated heterocycles. The Labute approximate surface area is 107 Å². The molecular formula is C6H6Cl6O. The van der Waals surface area contributed by atoms with Crippen molar-refractivity contribution in [1.82, 2.24) is 0 Å². The molecule has 0 bridgehead atoms. The predicted octanol–water partition coefficient (Wildman–Crippen LogP) is 4.12. The Bertz CT molecular complexity index is 184. The molecule has 0 N–H and O–H groups in total. The molecule has 0 spiro atoms. The lowest BCUT2D eigenvalue weighted by atomic mass is 10.2. The van der Waals surface area contributed by atoms with Gasteiger partial charge in [0.05, 0.1) is 12.3 Å². The highest BCUT2D eigenvalue weighted by molar-refractivity contribution is 6.68. The molecule has 7 heteroatoms. The van der Waals surface area contributed by atoms with Crippen molar-refractivity contribution in [3.63, 3.8) is 0 Å². The van der Waals surface area contributed by atoms with Gasteiger partial charge in [-0.2, -0.15) is 0 Å². The molecule has 0 unspecified atom stereocenters. The molecule has 0 saturated carbocycles. The van der Waals surface area contributed by atoms with Gasteiger partial charge in [0.2, 0.25) is 0 Å². The Morgan fingerprint density at radius 2 is 1.46 bits per heavy atom. The molecule has 1 nitrogen and oxygen atoms in total. The van der Waals surface area contributed by atoms with E-state index in [0.29, 0.717) is 0 Å². The van der Waals surface area contributed by atoms with Crippen molar-refractivity contribution >= 4 is 75.4 Å². The SMILES string of the molecule is O=C(CC(Cl)(Cl)Cl)CC(Cl)(Cl)CCl. The summed E-state index contributed by atoms with van der Waals surface area (Å²) in [6.45, 7) is 0. The minimum atomic E-state index is -1.60. The van der Waals surface area contributed by atoms with Gasteiger partial charge < -0.3 is 0 Å². The maximum absolute atomic E-state index is 11.2. The lowest BCUT2D eigenvalue weighted by molar-refractivity contribution is -0.119. The quantitative estimate of drug-likeness (QED) is 0.714. The number of hydrogen-bond acceptors (Lipinski definition) is 1. The molecular weight excluding hydrogens is 301 g/mol. The number of carbonyl (C=O) groups is 1. The number of rotatable bonds is 4. The standard InChI is InChI=1S/C6H6Cl6O/c7-3-5(8,9)1-4(13)2-6(10,11)12/h1-3H2. The highest BCUT2D eigenvalue weighted by Crippen LogP contribution is 2.34. The molecule has 0 fully saturated rings. The van der Waals surface area contributed by atoms with E-state index in [1.165, 1.54) is 0 Å². The first-order chi connectivity index (χ1) is 5.66. The van der Waals surface area contributed by atoms with Crippen molar-refractivity contribution in [2.75, 3.05) is 5.88 Å². The zero-order valence-electron chi connectivity index (χ0n) is 6.30. The van der Waals surface area contributed by atoms with E-state index in [1.54, 1.807) is 0 Å². The van der Waals surface area contributed by atoms with Gasteiger partial charge in [0.25, 0.3) is 0 Å². The van der Waals surface area contributed by atoms with Crippen molar-refractivity contribution in [3.05, 3.63) is 0 Å². The summed E-state index contributed by atoms with van der Waals surface area (Å²) in [4.78, 5) is 11.2. The van der Waals surface area contributed by atoms with Crippen LogP contribution in [0.4, 0.5) is 0 Å². The minimum absolute atomic E-state index is 0.0539. The van der Waals surface area contributed by atoms with Crippen LogP contribution in [0.1, 0.15) is 12.8 Å². The topological polar surface area (TPSA) is 17.1 Å². The second kappa shape index (κ2) is 5.48. The van der Waals surface area contributed by atoms with E-state index in [4.69, 9.17) is 69.6 Å². The smallest absolute Gasteiger partial charge is 0.197 e. The number of hydrogen-bond donors (Lipinski definition) is 0. The summed E-state index contributed by atoms with van der Waals surface area (Å²) in [5.41, 5.74) is 0. The van der Waals surface area contributed by atoms with Crippen LogP contribution in [0, 0.1) is 0 Å². The van der Waals surface area contributed by atoms with E-state index in [-0.39, 0.29) is 24.5 Å². The maximum Gasteiger partial charge on any atom is 0.197 e. The third-order valence-corrected chi connectivity index (χ3v) is 2.71. The number of alkyl halides is 6. The van der Waals surface area contributed by atoms with Crippen molar-refractivity contribution in [3.8, 4) is 0 Å². The van der Waals surface area contributed by atoms with Crippen LogP contribution in [-0.4, -0.2) is 19.8 Å². The van der Waals surface area contributed by atoms with Gasteiger partial charge in [-0.3, -0.25) is 4.79 Å². The zero-order valence-corrected chi connectivity index (χ0v) is 10.8. The molecule has 78 valence electrons. The molecule has 0 rings (SSSR count). The average molecular weight is 307 g/mol. The summed E-state index contributed by atoms with van der Waals surface area (Å²) >= 11 is 32.8. The van der Waals surface area contributed by atoms with Crippen molar-refractivity contribution < 1.29 is 4.79 Å². The number of ketones is 1. The van der Waals surface area contributed by atoms with Crippen LogP contribution in [0.2, 0.25) is 0 Å². The highest BCUT2D eigenvalue weighted by atomic mass is 35.6. The summed E-state index contributed by atoms with van der Waals surface area (Å²) in [7, 11) is 0. The molecule has 0 heterocycles. The maximum atomic E-state index is 11.2. The fourth-order valence-corrected chi connectivity index (χ4v) is 1.46. The van der Waals surface area contributed by atoms with Crippen molar-refractivity contribution in [2.45, 2.75) is 21.0 Å². The third-order valence-electron chi connectivity index (χ3n) is 1.05. The van der Waals surface area contributed by atoms with E-state index < -0.39 is 8.13 Å². The first kappa shape index (κ1) is 14.4. The second-order valence-electron chi connectivity index (χ2n) is 2.50. The second-order valence-corrected chi connectivity index (χ2v) is 6.92. The normalized spacial score (nSPS) is 13.1. The van der Waals surface area contributed by atoms with Crippen LogP contribution in [0.15, 0.2) is 0 Å². The monoisotopic (exact) mass is 304 g/mol. The van der Waals surface area contributed by atoms with Crippen LogP contribution in [-0.2, 0) is 4.79 Å². The van der Waals surface area contributed by atoms with Gasteiger partial charge in [-0.25, -0.2) is 0 Å². The van der Waals surface area contributed by atoms with E-state index in [0.717, 1.165) is 0 Å².